The van der Waals surface area contributed by atoms with E-state index in [0.717, 1.165) is 24.0 Å². The third kappa shape index (κ3) is 5.99. The SMILES string of the molecule is CCCCC(=O)Oc1ccc(C(=O)Oc2ccc(-c3ccc([N+](=O)[O-])cc3)cc2)cc1. The maximum absolute atomic E-state index is 12.4. The highest BCUT2D eigenvalue weighted by atomic mass is 16.6. The van der Waals surface area contributed by atoms with Crippen molar-refractivity contribution in [3.63, 3.8) is 0 Å². The van der Waals surface area contributed by atoms with Crippen LogP contribution in [0.1, 0.15) is 36.5 Å². The molecule has 0 spiro atoms. The van der Waals surface area contributed by atoms with E-state index in [0.29, 0.717) is 23.5 Å². The van der Waals surface area contributed by atoms with Crippen molar-refractivity contribution >= 4 is 17.6 Å². The first kappa shape index (κ1) is 21.7. The first-order valence-corrected chi connectivity index (χ1v) is 9.84. The van der Waals surface area contributed by atoms with Gasteiger partial charge in [-0.3, -0.25) is 14.9 Å². The number of unbranched alkanes of at least 4 members (excludes halogenated alkanes) is 1. The Labute approximate surface area is 179 Å². The van der Waals surface area contributed by atoms with Crippen LogP contribution in [0.2, 0.25) is 0 Å². The molecule has 0 atom stereocenters. The number of hydrogen-bond acceptors (Lipinski definition) is 6. The summed E-state index contributed by atoms with van der Waals surface area (Å²) in [4.78, 5) is 34.3. The standard InChI is InChI=1S/C24H21NO6/c1-2-3-4-23(26)30-21-15-9-19(10-16-21)24(27)31-22-13-7-18(8-14-22)17-5-11-20(12-6-17)25(28)29/h5-16H,2-4H2,1H3. The molecule has 0 saturated carbocycles. The summed E-state index contributed by atoms with van der Waals surface area (Å²) in [5.41, 5.74) is 2.00. The maximum atomic E-state index is 12.4. The maximum Gasteiger partial charge on any atom is 0.343 e. The Balaban J connectivity index is 1.60. The minimum atomic E-state index is -0.535. The van der Waals surface area contributed by atoms with Crippen molar-refractivity contribution in [2.75, 3.05) is 0 Å². The van der Waals surface area contributed by atoms with Crippen LogP contribution in [-0.4, -0.2) is 16.9 Å². The largest absolute Gasteiger partial charge is 0.427 e. The van der Waals surface area contributed by atoms with Crippen LogP contribution in [0.25, 0.3) is 11.1 Å². The lowest BCUT2D eigenvalue weighted by Gasteiger charge is -2.07. The molecule has 7 nitrogen and oxygen atoms in total. The first-order valence-electron chi connectivity index (χ1n) is 9.84. The van der Waals surface area contributed by atoms with Gasteiger partial charge in [-0.1, -0.05) is 25.5 Å². The Morgan fingerprint density at radius 1 is 0.806 bits per heavy atom. The smallest absolute Gasteiger partial charge is 0.343 e. The summed E-state index contributed by atoms with van der Waals surface area (Å²) >= 11 is 0. The Bertz CT molecular complexity index is 1060. The molecule has 0 aliphatic rings. The lowest BCUT2D eigenvalue weighted by atomic mass is 10.1. The average molecular weight is 419 g/mol. The monoisotopic (exact) mass is 419 g/mol. The molecule has 0 aliphatic heterocycles. The number of benzene rings is 3. The van der Waals surface area contributed by atoms with Crippen LogP contribution in [0.5, 0.6) is 11.5 Å². The average Bonchev–Trinajstić information content (AvgIpc) is 2.78. The van der Waals surface area contributed by atoms with E-state index in [1.165, 1.54) is 24.3 Å². The number of nitro groups is 1. The van der Waals surface area contributed by atoms with Gasteiger partial charge in [0.2, 0.25) is 0 Å². The zero-order valence-corrected chi connectivity index (χ0v) is 16.9. The zero-order chi connectivity index (χ0) is 22.2. The van der Waals surface area contributed by atoms with Gasteiger partial charge >= 0.3 is 11.9 Å². The molecule has 0 aliphatic carbocycles. The summed E-state index contributed by atoms with van der Waals surface area (Å²) in [6, 6.07) is 19.2. The number of nitrogens with zero attached hydrogens (tertiary/aromatic N) is 1. The molecule has 31 heavy (non-hydrogen) atoms. The molecule has 7 heteroatoms. The lowest BCUT2D eigenvalue weighted by molar-refractivity contribution is -0.384. The second-order valence-electron chi connectivity index (χ2n) is 6.82. The van der Waals surface area contributed by atoms with Crippen LogP contribution < -0.4 is 9.47 Å². The van der Waals surface area contributed by atoms with Gasteiger partial charge in [0, 0.05) is 18.6 Å². The highest BCUT2D eigenvalue weighted by Gasteiger charge is 2.11. The van der Waals surface area contributed by atoms with Crippen molar-refractivity contribution in [3.05, 3.63) is 88.5 Å². The zero-order valence-electron chi connectivity index (χ0n) is 16.9. The molecule has 3 aromatic rings. The number of carbonyl (C=O) groups is 2. The van der Waals surface area contributed by atoms with Crippen LogP contribution in [0.15, 0.2) is 72.8 Å². The number of hydrogen-bond donors (Lipinski definition) is 0. The summed E-state index contributed by atoms with van der Waals surface area (Å²) in [7, 11) is 0. The Morgan fingerprint density at radius 3 is 1.87 bits per heavy atom. The molecule has 0 amide bonds. The van der Waals surface area contributed by atoms with Crippen molar-refractivity contribution in [3.8, 4) is 22.6 Å². The molecule has 3 aromatic carbocycles. The number of nitro benzene ring substituents is 1. The van der Waals surface area contributed by atoms with Gasteiger partial charge in [0.05, 0.1) is 10.5 Å². The van der Waals surface area contributed by atoms with E-state index in [1.54, 1.807) is 48.5 Å². The highest BCUT2D eigenvalue weighted by molar-refractivity contribution is 5.91. The number of esters is 2. The molecule has 0 N–H and O–H groups in total. The molecule has 0 saturated heterocycles. The predicted octanol–water partition coefficient (Wildman–Crippen LogP) is 5.58. The molecule has 0 fully saturated rings. The number of non-ortho nitro benzene ring substituents is 1. The van der Waals surface area contributed by atoms with Crippen molar-refractivity contribution < 1.29 is 24.0 Å². The van der Waals surface area contributed by atoms with Crippen LogP contribution in [0, 0.1) is 10.1 Å². The van der Waals surface area contributed by atoms with Gasteiger partial charge in [0.25, 0.3) is 5.69 Å². The fraction of sp³-hybridized carbons (Fsp3) is 0.167. The van der Waals surface area contributed by atoms with Crippen molar-refractivity contribution in [1.82, 2.24) is 0 Å². The van der Waals surface area contributed by atoms with Gasteiger partial charge in [-0.25, -0.2) is 4.79 Å². The Kier molecular flexibility index (Phi) is 7.11. The van der Waals surface area contributed by atoms with Gasteiger partial charge in [-0.05, 0) is 66.1 Å². The lowest BCUT2D eigenvalue weighted by Crippen LogP contribution is -2.09. The summed E-state index contributed by atoms with van der Waals surface area (Å²) in [6.07, 6.45) is 2.04. The molecule has 0 heterocycles. The fourth-order valence-corrected chi connectivity index (χ4v) is 2.82. The van der Waals surface area contributed by atoms with E-state index >= 15 is 0 Å². The molecule has 158 valence electrons. The second kappa shape index (κ2) is 10.2. The van der Waals surface area contributed by atoms with Gasteiger partial charge in [-0.15, -0.1) is 0 Å². The predicted molar refractivity (Wildman–Crippen MR) is 115 cm³/mol. The van der Waals surface area contributed by atoms with Gasteiger partial charge in [0.1, 0.15) is 11.5 Å². The van der Waals surface area contributed by atoms with Crippen molar-refractivity contribution in [2.45, 2.75) is 26.2 Å². The summed E-state index contributed by atoms with van der Waals surface area (Å²) in [6.45, 7) is 2.00. The minimum absolute atomic E-state index is 0.0241. The summed E-state index contributed by atoms with van der Waals surface area (Å²) < 4.78 is 10.6. The minimum Gasteiger partial charge on any atom is -0.427 e. The normalized spacial score (nSPS) is 10.4. The van der Waals surface area contributed by atoms with E-state index in [1.807, 2.05) is 6.92 Å². The Hall–Kier alpha value is -4.00. The molecular formula is C24H21NO6. The van der Waals surface area contributed by atoms with Crippen molar-refractivity contribution in [1.29, 1.82) is 0 Å². The summed E-state index contributed by atoms with van der Waals surface area (Å²) in [5.74, 6) is -0.0898. The van der Waals surface area contributed by atoms with Crippen LogP contribution in [0.4, 0.5) is 5.69 Å². The van der Waals surface area contributed by atoms with Gasteiger partial charge in [-0.2, -0.15) is 0 Å². The van der Waals surface area contributed by atoms with Crippen LogP contribution >= 0.6 is 0 Å². The molecule has 0 unspecified atom stereocenters. The van der Waals surface area contributed by atoms with E-state index in [2.05, 4.69) is 0 Å². The van der Waals surface area contributed by atoms with E-state index in [4.69, 9.17) is 9.47 Å². The summed E-state index contributed by atoms with van der Waals surface area (Å²) in [5, 5.41) is 10.8. The van der Waals surface area contributed by atoms with E-state index in [9.17, 15) is 19.7 Å². The third-order valence-electron chi connectivity index (χ3n) is 4.53. The van der Waals surface area contributed by atoms with Gasteiger partial charge in [0.15, 0.2) is 0 Å². The van der Waals surface area contributed by atoms with E-state index in [-0.39, 0.29) is 11.7 Å². The fourth-order valence-electron chi connectivity index (χ4n) is 2.82. The van der Waals surface area contributed by atoms with Gasteiger partial charge < -0.3 is 9.47 Å². The number of carbonyl (C=O) groups excluding carboxylic acids is 2. The third-order valence-corrected chi connectivity index (χ3v) is 4.53. The molecular weight excluding hydrogens is 398 g/mol. The second-order valence-corrected chi connectivity index (χ2v) is 6.82. The number of rotatable bonds is 8. The van der Waals surface area contributed by atoms with Crippen LogP contribution in [0.3, 0.4) is 0 Å². The molecule has 3 rings (SSSR count). The number of ether oxygens (including phenoxy) is 2. The molecule has 0 aromatic heterocycles. The highest BCUT2D eigenvalue weighted by Crippen LogP contribution is 2.25. The van der Waals surface area contributed by atoms with Crippen LogP contribution in [-0.2, 0) is 4.79 Å². The quantitative estimate of drug-likeness (QED) is 0.205. The molecule has 0 radical (unpaired) electrons. The first-order chi connectivity index (χ1) is 15.0. The van der Waals surface area contributed by atoms with Crippen molar-refractivity contribution in [2.24, 2.45) is 0 Å². The Morgan fingerprint density at radius 2 is 1.32 bits per heavy atom. The van der Waals surface area contributed by atoms with E-state index < -0.39 is 10.9 Å². The topological polar surface area (TPSA) is 95.7 Å². The molecule has 0 bridgehead atoms.